The summed E-state index contributed by atoms with van der Waals surface area (Å²) in [6.45, 7) is 8.29. The topological polar surface area (TPSA) is 75.6 Å². The average Bonchev–Trinajstić information content (AvgIpc) is 3.23. The maximum Gasteiger partial charge on any atom is 0.226 e. The number of nitrogens with one attached hydrogen (secondary N) is 2. The Bertz CT molecular complexity index is 982. The van der Waals surface area contributed by atoms with Crippen LogP contribution < -0.4 is 5.32 Å². The molecule has 2 N–H and O–H groups in total. The molecule has 26 heavy (non-hydrogen) atoms. The van der Waals surface area contributed by atoms with Crippen molar-refractivity contribution in [2.75, 3.05) is 5.32 Å². The highest BCUT2D eigenvalue weighted by atomic mass is 16.1. The molecular weight excluding hydrogens is 326 g/mol. The van der Waals surface area contributed by atoms with Crippen LogP contribution in [0.15, 0.2) is 30.6 Å². The predicted molar refractivity (Wildman–Crippen MR) is 101 cm³/mol. The molecule has 1 aromatic carbocycles. The third kappa shape index (κ3) is 2.62. The van der Waals surface area contributed by atoms with E-state index in [9.17, 15) is 4.79 Å². The van der Waals surface area contributed by atoms with Gasteiger partial charge in [0.2, 0.25) is 5.91 Å². The first kappa shape index (κ1) is 16.6. The summed E-state index contributed by atoms with van der Waals surface area (Å²) in [6, 6.07) is 6.56. The van der Waals surface area contributed by atoms with Gasteiger partial charge in [0.15, 0.2) is 0 Å². The summed E-state index contributed by atoms with van der Waals surface area (Å²) in [5.41, 5.74) is 6.57. The second-order valence-corrected chi connectivity index (χ2v) is 7.31. The van der Waals surface area contributed by atoms with Crippen LogP contribution in [-0.4, -0.2) is 25.9 Å². The molecule has 1 atom stereocenters. The first-order valence-corrected chi connectivity index (χ1v) is 8.94. The molecule has 1 aliphatic rings. The minimum Gasteiger partial charge on any atom is -0.311 e. The van der Waals surface area contributed by atoms with E-state index in [0.717, 1.165) is 28.2 Å². The molecular formula is C20H23N5O. The van der Waals surface area contributed by atoms with Crippen LogP contribution >= 0.6 is 0 Å². The number of carbonyl (C=O) groups excluding carboxylic acids is 1. The summed E-state index contributed by atoms with van der Waals surface area (Å²) in [5, 5.41) is 14.9. The number of fused-ring (bicyclic) bond motifs is 1. The SMILES string of the molecule is Cc1ccc(C)c(-c2[nH]ncc2C2CC(=O)Nc3c2cnn3C(C)C)c1. The van der Waals surface area contributed by atoms with Crippen LogP contribution in [0.1, 0.15) is 54.5 Å². The van der Waals surface area contributed by atoms with Crippen molar-refractivity contribution in [2.24, 2.45) is 0 Å². The van der Waals surface area contributed by atoms with Crippen molar-refractivity contribution in [3.05, 3.63) is 52.8 Å². The van der Waals surface area contributed by atoms with Gasteiger partial charge in [-0.25, -0.2) is 4.68 Å². The number of amides is 1. The number of anilines is 1. The maximum atomic E-state index is 12.4. The molecule has 0 fully saturated rings. The normalized spacial score (nSPS) is 16.7. The van der Waals surface area contributed by atoms with E-state index >= 15 is 0 Å². The van der Waals surface area contributed by atoms with E-state index in [1.807, 2.05) is 17.1 Å². The van der Waals surface area contributed by atoms with Crippen LogP contribution in [0.25, 0.3) is 11.3 Å². The van der Waals surface area contributed by atoms with E-state index in [2.05, 4.69) is 66.5 Å². The standard InChI is InChI=1S/C20H23N5O/c1-11(2)25-20-17(10-22-25)15(8-18(26)23-20)16-9-21-24-19(16)14-7-12(3)5-6-13(14)4/h5-7,9-11,15H,8H2,1-4H3,(H,21,24)(H,23,26). The molecule has 0 bridgehead atoms. The first-order valence-electron chi connectivity index (χ1n) is 8.94. The van der Waals surface area contributed by atoms with Crippen LogP contribution in [0.5, 0.6) is 0 Å². The molecule has 0 radical (unpaired) electrons. The largest absolute Gasteiger partial charge is 0.311 e. The van der Waals surface area contributed by atoms with Gasteiger partial charge in [-0.3, -0.25) is 9.89 Å². The summed E-state index contributed by atoms with van der Waals surface area (Å²) >= 11 is 0. The molecule has 0 spiro atoms. The predicted octanol–water partition coefficient (Wildman–Crippen LogP) is 3.95. The zero-order valence-corrected chi connectivity index (χ0v) is 15.5. The second kappa shape index (κ2) is 6.12. The second-order valence-electron chi connectivity index (χ2n) is 7.31. The summed E-state index contributed by atoms with van der Waals surface area (Å²) < 4.78 is 1.87. The quantitative estimate of drug-likeness (QED) is 0.752. The van der Waals surface area contributed by atoms with E-state index in [0.29, 0.717) is 6.42 Å². The third-order valence-corrected chi connectivity index (χ3v) is 5.04. The van der Waals surface area contributed by atoms with Crippen molar-refractivity contribution in [3.8, 4) is 11.3 Å². The number of aromatic amines is 1. The van der Waals surface area contributed by atoms with Crippen LogP contribution in [0.2, 0.25) is 0 Å². The molecule has 6 heteroatoms. The zero-order chi connectivity index (χ0) is 18.4. The number of rotatable bonds is 3. The lowest BCUT2D eigenvalue weighted by Crippen LogP contribution is -2.25. The van der Waals surface area contributed by atoms with Crippen molar-refractivity contribution in [1.82, 2.24) is 20.0 Å². The van der Waals surface area contributed by atoms with Crippen molar-refractivity contribution in [1.29, 1.82) is 0 Å². The fraction of sp³-hybridized carbons (Fsp3) is 0.350. The molecule has 0 saturated carbocycles. The van der Waals surface area contributed by atoms with Gasteiger partial charge in [0.25, 0.3) is 0 Å². The van der Waals surface area contributed by atoms with Gasteiger partial charge in [-0.15, -0.1) is 0 Å². The number of carbonyl (C=O) groups is 1. The van der Waals surface area contributed by atoms with Gasteiger partial charge < -0.3 is 5.32 Å². The van der Waals surface area contributed by atoms with Gasteiger partial charge in [-0.05, 0) is 39.3 Å². The number of aryl methyl sites for hydroxylation is 2. The van der Waals surface area contributed by atoms with Gasteiger partial charge in [0.05, 0.1) is 18.1 Å². The van der Waals surface area contributed by atoms with Crippen LogP contribution in [0.4, 0.5) is 5.82 Å². The van der Waals surface area contributed by atoms with Crippen LogP contribution in [0.3, 0.4) is 0 Å². The lowest BCUT2D eigenvalue weighted by Gasteiger charge is -2.24. The van der Waals surface area contributed by atoms with E-state index < -0.39 is 0 Å². The molecule has 6 nitrogen and oxygen atoms in total. The fourth-order valence-electron chi connectivity index (χ4n) is 3.69. The Morgan fingerprint density at radius 1 is 1.19 bits per heavy atom. The number of nitrogens with zero attached hydrogens (tertiary/aromatic N) is 3. The Morgan fingerprint density at radius 2 is 2.00 bits per heavy atom. The molecule has 1 unspecified atom stereocenters. The van der Waals surface area contributed by atoms with Crippen molar-refractivity contribution >= 4 is 11.7 Å². The van der Waals surface area contributed by atoms with Gasteiger partial charge in [0, 0.05) is 35.1 Å². The molecule has 3 heterocycles. The molecule has 1 aliphatic heterocycles. The van der Waals surface area contributed by atoms with Gasteiger partial charge >= 0.3 is 0 Å². The lowest BCUT2D eigenvalue weighted by molar-refractivity contribution is -0.116. The minimum atomic E-state index is -0.0556. The molecule has 134 valence electrons. The number of hydrogen-bond acceptors (Lipinski definition) is 3. The molecule has 3 aromatic rings. The zero-order valence-electron chi connectivity index (χ0n) is 15.5. The van der Waals surface area contributed by atoms with Gasteiger partial charge in [-0.2, -0.15) is 10.2 Å². The highest BCUT2D eigenvalue weighted by Crippen LogP contribution is 2.41. The molecule has 0 saturated heterocycles. The van der Waals surface area contributed by atoms with Gasteiger partial charge in [0.1, 0.15) is 5.82 Å². The Balaban J connectivity index is 1.85. The van der Waals surface area contributed by atoms with E-state index in [-0.39, 0.29) is 17.9 Å². The summed E-state index contributed by atoms with van der Waals surface area (Å²) in [6.07, 6.45) is 4.12. The Kier molecular flexibility index (Phi) is 3.90. The third-order valence-electron chi connectivity index (χ3n) is 5.04. The maximum absolute atomic E-state index is 12.4. The van der Waals surface area contributed by atoms with Crippen LogP contribution in [0, 0.1) is 13.8 Å². The number of aromatic nitrogens is 4. The fourth-order valence-corrected chi connectivity index (χ4v) is 3.69. The lowest BCUT2D eigenvalue weighted by atomic mass is 9.85. The van der Waals surface area contributed by atoms with Crippen molar-refractivity contribution in [2.45, 2.75) is 46.1 Å². The smallest absolute Gasteiger partial charge is 0.226 e. The molecule has 1 amide bonds. The van der Waals surface area contributed by atoms with E-state index in [1.54, 1.807) is 0 Å². The number of benzene rings is 1. The van der Waals surface area contributed by atoms with E-state index in [1.165, 1.54) is 11.1 Å². The molecule has 0 aliphatic carbocycles. The Labute approximate surface area is 152 Å². The number of H-pyrrole nitrogens is 1. The monoisotopic (exact) mass is 349 g/mol. The van der Waals surface area contributed by atoms with Crippen molar-refractivity contribution in [3.63, 3.8) is 0 Å². The molecule has 2 aromatic heterocycles. The highest BCUT2D eigenvalue weighted by Gasteiger charge is 2.33. The van der Waals surface area contributed by atoms with Crippen LogP contribution in [-0.2, 0) is 4.79 Å². The van der Waals surface area contributed by atoms with Gasteiger partial charge in [-0.1, -0.05) is 17.7 Å². The Hall–Kier alpha value is -2.89. The van der Waals surface area contributed by atoms with Crippen molar-refractivity contribution < 1.29 is 4.79 Å². The van der Waals surface area contributed by atoms with E-state index in [4.69, 9.17) is 0 Å². The summed E-state index contributed by atoms with van der Waals surface area (Å²) in [7, 11) is 0. The number of hydrogen-bond donors (Lipinski definition) is 2. The molecule has 4 rings (SSSR count). The minimum absolute atomic E-state index is 0.0121. The average molecular weight is 349 g/mol. The summed E-state index contributed by atoms with van der Waals surface area (Å²) in [5.74, 6) is 0.757. The first-order chi connectivity index (χ1) is 12.5. The highest BCUT2D eigenvalue weighted by molar-refractivity contribution is 5.94. The summed E-state index contributed by atoms with van der Waals surface area (Å²) in [4.78, 5) is 12.4. The Morgan fingerprint density at radius 3 is 2.77 bits per heavy atom.